The molecule has 3 heterocycles. The first kappa shape index (κ1) is 27.2. The number of anilines is 3. The molecule has 0 bridgehead atoms. The van der Waals surface area contributed by atoms with E-state index in [1.165, 1.54) is 32.8 Å². The summed E-state index contributed by atoms with van der Waals surface area (Å²) >= 11 is 0. The van der Waals surface area contributed by atoms with Gasteiger partial charge in [0.05, 0.1) is 11.4 Å². The van der Waals surface area contributed by atoms with Crippen LogP contribution in [0.15, 0.2) is 168 Å². The van der Waals surface area contributed by atoms with Crippen LogP contribution < -0.4 is 4.90 Å². The van der Waals surface area contributed by atoms with Gasteiger partial charge in [0.15, 0.2) is 5.58 Å². The summed E-state index contributed by atoms with van der Waals surface area (Å²) in [5.74, 6) is 0.606. The number of hydrogen-bond acceptors (Lipinski definition) is 4. The first-order valence-corrected chi connectivity index (χ1v) is 16.9. The Balaban J connectivity index is 1.27. The van der Waals surface area contributed by atoms with E-state index in [1.54, 1.807) is 0 Å². The van der Waals surface area contributed by atoms with Gasteiger partial charge in [-0.05, 0) is 56.4 Å². The van der Waals surface area contributed by atoms with Crippen LogP contribution in [0.4, 0.5) is 17.3 Å². The van der Waals surface area contributed by atoms with Gasteiger partial charge in [-0.15, -0.1) is 0 Å². The van der Waals surface area contributed by atoms with Crippen molar-refractivity contribution < 1.29 is 4.42 Å². The molecule has 0 N–H and O–H groups in total. The Kier molecular flexibility index (Phi) is 5.63. The van der Waals surface area contributed by atoms with Crippen molar-refractivity contribution in [2.45, 2.75) is 0 Å². The summed E-state index contributed by atoms with van der Waals surface area (Å²) < 4.78 is 6.65. The monoisotopic (exact) mass is 637 g/mol. The van der Waals surface area contributed by atoms with Crippen LogP contribution in [0.25, 0.3) is 87.9 Å². The molecule has 10 aromatic rings. The van der Waals surface area contributed by atoms with Crippen molar-refractivity contribution in [1.29, 1.82) is 0 Å². The average molecular weight is 638 g/mol. The molecule has 11 rings (SSSR count). The third-order valence-electron chi connectivity index (χ3n) is 10.2. The molecule has 0 saturated carbocycles. The fourth-order valence-corrected chi connectivity index (χ4v) is 8.01. The van der Waals surface area contributed by atoms with Crippen LogP contribution in [0.5, 0.6) is 0 Å². The van der Waals surface area contributed by atoms with Crippen molar-refractivity contribution in [2.24, 2.45) is 0 Å². The summed E-state index contributed by atoms with van der Waals surface area (Å²) in [5, 5.41) is 7.92. The Morgan fingerprint density at radius 2 is 1.10 bits per heavy atom. The molecule has 0 atom stereocenters. The molecule has 50 heavy (non-hydrogen) atoms. The Morgan fingerprint density at radius 1 is 0.440 bits per heavy atom. The second-order valence-electron chi connectivity index (χ2n) is 12.9. The molecule has 0 amide bonds. The van der Waals surface area contributed by atoms with Gasteiger partial charge in [0.2, 0.25) is 5.95 Å². The standard InChI is InChI=1S/C46H27N3O/c1-2-12-28(13-3-1)31-26-27-36(34-19-7-6-18-33(31)34)42-45-43(38-20-8-9-23-40(38)50-45)48-46(47-42)49-39-22-11-16-30-15-10-21-35(41(30)39)37-25-24-29-14-4-5-17-32(29)44(37)49/h1-27H. The second kappa shape index (κ2) is 10.4. The van der Waals surface area contributed by atoms with E-state index in [9.17, 15) is 0 Å². The molecule has 1 aliphatic rings. The minimum atomic E-state index is 0.606. The van der Waals surface area contributed by atoms with Crippen molar-refractivity contribution in [3.05, 3.63) is 164 Å². The Labute approximate surface area is 287 Å². The number of fused-ring (bicyclic) bond motifs is 8. The van der Waals surface area contributed by atoms with Crippen LogP contribution in [-0.2, 0) is 0 Å². The maximum Gasteiger partial charge on any atom is 0.236 e. The van der Waals surface area contributed by atoms with E-state index in [0.717, 1.165) is 60.8 Å². The summed E-state index contributed by atoms with van der Waals surface area (Å²) in [5.41, 5.74) is 10.9. The van der Waals surface area contributed by atoms with Crippen molar-refractivity contribution in [2.75, 3.05) is 4.90 Å². The summed E-state index contributed by atoms with van der Waals surface area (Å²) in [6.45, 7) is 0. The molecule has 1 aliphatic heterocycles. The Hall–Kier alpha value is -6.78. The van der Waals surface area contributed by atoms with Crippen LogP contribution >= 0.6 is 0 Å². The van der Waals surface area contributed by atoms with E-state index in [0.29, 0.717) is 11.5 Å². The molecule has 0 unspecified atom stereocenters. The van der Waals surface area contributed by atoms with Crippen molar-refractivity contribution in [3.8, 4) is 33.5 Å². The number of hydrogen-bond donors (Lipinski definition) is 0. The van der Waals surface area contributed by atoms with E-state index < -0.39 is 0 Å². The average Bonchev–Trinajstić information content (AvgIpc) is 3.56. The van der Waals surface area contributed by atoms with Gasteiger partial charge < -0.3 is 4.42 Å². The molecule has 8 aromatic carbocycles. The number of rotatable bonds is 3. The largest absolute Gasteiger partial charge is 0.452 e. The minimum Gasteiger partial charge on any atom is -0.452 e. The summed E-state index contributed by atoms with van der Waals surface area (Å²) in [7, 11) is 0. The zero-order chi connectivity index (χ0) is 32.8. The number of furan rings is 1. The summed E-state index contributed by atoms with van der Waals surface area (Å²) in [4.78, 5) is 13.2. The van der Waals surface area contributed by atoms with E-state index in [2.05, 4.69) is 150 Å². The predicted octanol–water partition coefficient (Wildman–Crippen LogP) is 12.6. The van der Waals surface area contributed by atoms with E-state index in [1.807, 2.05) is 18.2 Å². The molecule has 2 aromatic heterocycles. The molecule has 4 nitrogen and oxygen atoms in total. The highest BCUT2D eigenvalue weighted by molar-refractivity contribution is 6.19. The number of benzene rings is 8. The SMILES string of the molecule is c1ccc(-c2ccc(-c3nc(N4c5c(ccc6ccccc56)-c5cccc6cccc4c56)nc4c3oc3ccccc34)c3ccccc23)cc1. The van der Waals surface area contributed by atoms with Gasteiger partial charge >= 0.3 is 0 Å². The van der Waals surface area contributed by atoms with Crippen molar-refractivity contribution >= 4 is 71.7 Å². The van der Waals surface area contributed by atoms with E-state index >= 15 is 0 Å². The highest BCUT2D eigenvalue weighted by atomic mass is 16.3. The third-order valence-corrected chi connectivity index (χ3v) is 10.2. The minimum absolute atomic E-state index is 0.606. The second-order valence-corrected chi connectivity index (χ2v) is 12.9. The lowest BCUT2D eigenvalue weighted by Gasteiger charge is -2.33. The molecule has 0 aliphatic carbocycles. The van der Waals surface area contributed by atoms with Crippen molar-refractivity contribution in [3.63, 3.8) is 0 Å². The lowest BCUT2D eigenvalue weighted by atomic mass is 9.89. The van der Waals surface area contributed by atoms with Crippen LogP contribution in [0.3, 0.4) is 0 Å². The Bertz CT molecular complexity index is 2990. The topological polar surface area (TPSA) is 42.2 Å². The maximum absolute atomic E-state index is 6.65. The fraction of sp³-hybridized carbons (Fsp3) is 0. The predicted molar refractivity (Wildman–Crippen MR) is 206 cm³/mol. The number of nitrogens with zero attached hydrogens (tertiary/aromatic N) is 3. The lowest BCUT2D eigenvalue weighted by Crippen LogP contribution is -2.18. The molecular weight excluding hydrogens is 611 g/mol. The van der Waals surface area contributed by atoms with Crippen LogP contribution in [0, 0.1) is 0 Å². The smallest absolute Gasteiger partial charge is 0.236 e. The Morgan fingerprint density at radius 3 is 1.96 bits per heavy atom. The normalized spacial score (nSPS) is 12.4. The van der Waals surface area contributed by atoms with Gasteiger partial charge in [0.25, 0.3) is 0 Å². The molecule has 232 valence electrons. The summed E-state index contributed by atoms with van der Waals surface area (Å²) in [6.07, 6.45) is 0. The lowest BCUT2D eigenvalue weighted by molar-refractivity contribution is 0.667. The highest BCUT2D eigenvalue weighted by Crippen LogP contribution is 2.53. The molecule has 0 saturated heterocycles. The molecule has 0 radical (unpaired) electrons. The third kappa shape index (κ3) is 3.81. The molecular formula is C46H27N3O. The molecule has 0 fully saturated rings. The van der Waals surface area contributed by atoms with Crippen LogP contribution in [0.1, 0.15) is 0 Å². The number of aromatic nitrogens is 2. The summed E-state index contributed by atoms with van der Waals surface area (Å²) in [6, 6.07) is 57.9. The molecule has 4 heteroatoms. The quantitative estimate of drug-likeness (QED) is 0.193. The number of para-hydroxylation sites is 1. The van der Waals surface area contributed by atoms with Crippen LogP contribution in [-0.4, -0.2) is 9.97 Å². The zero-order valence-corrected chi connectivity index (χ0v) is 26.8. The van der Waals surface area contributed by atoms with E-state index in [-0.39, 0.29) is 0 Å². The maximum atomic E-state index is 6.65. The fourth-order valence-electron chi connectivity index (χ4n) is 8.01. The zero-order valence-electron chi connectivity index (χ0n) is 26.8. The van der Waals surface area contributed by atoms with Crippen LogP contribution in [0.2, 0.25) is 0 Å². The van der Waals surface area contributed by atoms with Gasteiger partial charge in [-0.25, -0.2) is 9.97 Å². The first-order chi connectivity index (χ1) is 24.8. The van der Waals surface area contributed by atoms with E-state index in [4.69, 9.17) is 14.4 Å². The van der Waals surface area contributed by atoms with Gasteiger partial charge in [-0.2, -0.15) is 0 Å². The van der Waals surface area contributed by atoms with Gasteiger partial charge in [-0.1, -0.05) is 146 Å². The molecule has 0 spiro atoms. The first-order valence-electron chi connectivity index (χ1n) is 16.9. The van der Waals surface area contributed by atoms with Gasteiger partial charge in [0, 0.05) is 27.3 Å². The van der Waals surface area contributed by atoms with Gasteiger partial charge in [-0.3, -0.25) is 4.90 Å². The highest BCUT2D eigenvalue weighted by Gasteiger charge is 2.31. The van der Waals surface area contributed by atoms with Gasteiger partial charge in [0.1, 0.15) is 16.8 Å². The van der Waals surface area contributed by atoms with Crippen molar-refractivity contribution in [1.82, 2.24) is 9.97 Å².